The molecule has 0 radical (unpaired) electrons. The molecule has 0 bridgehead atoms. The molecule has 1 aliphatic heterocycles. The van der Waals surface area contributed by atoms with Crippen LogP contribution in [0.4, 0.5) is 10.1 Å². The van der Waals surface area contributed by atoms with Crippen LogP contribution in [0.25, 0.3) is 0 Å². The number of rotatable bonds is 4. The van der Waals surface area contributed by atoms with Crippen LogP contribution in [-0.2, 0) is 4.79 Å². The average molecular weight is 386 g/mol. The number of nitrogens with one attached hydrogen (secondary N) is 1. The van der Waals surface area contributed by atoms with Crippen LogP contribution in [0.15, 0.2) is 23.2 Å². The number of anilines is 1. The summed E-state index contributed by atoms with van der Waals surface area (Å²) in [6.07, 6.45) is 5.24. The molecule has 1 aromatic carbocycles. The Morgan fingerprint density at radius 3 is 2.80 bits per heavy atom. The van der Waals surface area contributed by atoms with E-state index in [9.17, 15) is 9.18 Å². The highest BCUT2D eigenvalue weighted by Crippen LogP contribution is 2.29. The van der Waals surface area contributed by atoms with Crippen molar-refractivity contribution in [2.45, 2.75) is 51.1 Å². The molecule has 1 saturated heterocycles. The summed E-state index contributed by atoms with van der Waals surface area (Å²) in [5.41, 5.74) is 1.09. The van der Waals surface area contributed by atoms with Crippen LogP contribution in [0, 0.1) is 12.7 Å². The summed E-state index contributed by atoms with van der Waals surface area (Å²) in [6, 6.07) is 5.40. The van der Waals surface area contributed by atoms with Gasteiger partial charge in [-0.15, -0.1) is 12.4 Å². The second-order valence-corrected chi connectivity index (χ2v) is 7.65. The fraction of sp³-hybridized carbons (Fsp3) is 0.556. The van der Waals surface area contributed by atoms with Crippen LogP contribution in [0.2, 0.25) is 0 Å². The summed E-state index contributed by atoms with van der Waals surface area (Å²) < 4.78 is 13.8. The van der Waals surface area contributed by atoms with Gasteiger partial charge in [0, 0.05) is 25.3 Å². The minimum absolute atomic E-state index is 0. The third kappa shape index (κ3) is 5.11. The molecule has 25 heavy (non-hydrogen) atoms. The van der Waals surface area contributed by atoms with E-state index in [-0.39, 0.29) is 35.9 Å². The van der Waals surface area contributed by atoms with Crippen LogP contribution >= 0.6 is 24.2 Å². The largest absolute Gasteiger partial charge is 0.350 e. The van der Waals surface area contributed by atoms with Crippen molar-refractivity contribution in [2.75, 3.05) is 18.1 Å². The molecule has 1 N–H and O–H groups in total. The van der Waals surface area contributed by atoms with E-state index in [0.29, 0.717) is 12.5 Å². The maximum Gasteiger partial charge on any atom is 0.226 e. The highest BCUT2D eigenvalue weighted by Gasteiger charge is 2.30. The summed E-state index contributed by atoms with van der Waals surface area (Å²) in [5, 5.41) is 3.73. The van der Waals surface area contributed by atoms with Gasteiger partial charge in [0.15, 0.2) is 5.17 Å². The minimum Gasteiger partial charge on any atom is -0.350 e. The van der Waals surface area contributed by atoms with Gasteiger partial charge >= 0.3 is 0 Å². The first-order valence-corrected chi connectivity index (χ1v) is 9.51. The first kappa shape index (κ1) is 20.0. The Hall–Kier alpha value is -1.27. The Balaban J connectivity index is 0.00000225. The first-order valence-electron chi connectivity index (χ1n) is 8.52. The van der Waals surface area contributed by atoms with Gasteiger partial charge in [0.05, 0.1) is 11.7 Å². The lowest BCUT2D eigenvalue weighted by atomic mass is 10.2. The van der Waals surface area contributed by atoms with E-state index in [1.54, 1.807) is 23.9 Å². The molecule has 2 fully saturated rings. The molecule has 1 unspecified atom stereocenters. The second-order valence-electron chi connectivity index (χ2n) is 6.66. The topological polar surface area (TPSA) is 44.7 Å². The first-order chi connectivity index (χ1) is 11.5. The number of aliphatic imine (C=N–C) groups is 1. The maximum atomic E-state index is 13.8. The highest BCUT2D eigenvalue weighted by molar-refractivity contribution is 8.14. The van der Waals surface area contributed by atoms with Gasteiger partial charge in [-0.25, -0.2) is 4.39 Å². The van der Waals surface area contributed by atoms with Crippen molar-refractivity contribution in [1.82, 2.24) is 4.90 Å². The number of nitrogens with zero attached hydrogens (tertiary/aromatic N) is 2. The summed E-state index contributed by atoms with van der Waals surface area (Å²) in [6.45, 7) is 1.82. The molecular weight excluding hydrogens is 361 g/mol. The molecule has 2 aliphatic rings. The van der Waals surface area contributed by atoms with E-state index in [0.717, 1.165) is 16.5 Å². The number of thioether (sulfide) groups is 1. The fourth-order valence-electron chi connectivity index (χ4n) is 3.19. The standard InChI is InChI=1S/C18H24FN3OS.ClH/c1-12-7-8-16(15(19)9-12)21-17(23)10-14-11-24-18(22(14)2)20-13-5-3-4-6-13;/h7-9,13-14H,3-6,10-11H2,1-2H3,(H,21,23);1H/b20-18-;. The molecule has 4 nitrogen and oxygen atoms in total. The van der Waals surface area contributed by atoms with Crippen LogP contribution in [-0.4, -0.2) is 40.9 Å². The van der Waals surface area contributed by atoms with Crippen LogP contribution in [0.5, 0.6) is 0 Å². The van der Waals surface area contributed by atoms with Crippen molar-refractivity contribution >= 4 is 40.9 Å². The van der Waals surface area contributed by atoms with Crippen molar-refractivity contribution in [3.63, 3.8) is 0 Å². The lowest BCUT2D eigenvalue weighted by Crippen LogP contribution is -2.34. The summed E-state index contributed by atoms with van der Waals surface area (Å²) in [5.74, 6) is 0.310. The van der Waals surface area contributed by atoms with Gasteiger partial charge < -0.3 is 10.2 Å². The van der Waals surface area contributed by atoms with E-state index >= 15 is 0 Å². The van der Waals surface area contributed by atoms with Crippen molar-refractivity contribution in [3.05, 3.63) is 29.6 Å². The predicted octanol–water partition coefficient (Wildman–Crippen LogP) is 4.23. The summed E-state index contributed by atoms with van der Waals surface area (Å²) in [7, 11) is 2.00. The molecule has 1 aromatic rings. The zero-order valence-corrected chi connectivity index (χ0v) is 16.3. The molecule has 1 atom stereocenters. The number of hydrogen-bond donors (Lipinski definition) is 1. The second kappa shape index (κ2) is 8.90. The minimum atomic E-state index is -0.388. The Kier molecular flexibility index (Phi) is 7.14. The Morgan fingerprint density at radius 1 is 1.40 bits per heavy atom. The Morgan fingerprint density at radius 2 is 2.12 bits per heavy atom. The van der Waals surface area contributed by atoms with Gasteiger partial charge in [0.2, 0.25) is 5.91 Å². The summed E-state index contributed by atoms with van der Waals surface area (Å²) >= 11 is 1.72. The van der Waals surface area contributed by atoms with Gasteiger partial charge in [0.25, 0.3) is 0 Å². The molecule has 0 spiro atoms. The molecule has 138 valence electrons. The maximum absolute atomic E-state index is 13.8. The van der Waals surface area contributed by atoms with Crippen LogP contribution in [0.1, 0.15) is 37.7 Å². The molecular formula is C18H25ClFN3OS. The molecule has 1 aliphatic carbocycles. The van der Waals surface area contributed by atoms with Crippen LogP contribution < -0.4 is 5.32 Å². The SMILES string of the molecule is Cc1ccc(NC(=O)CC2CS/C(=N\C3CCCC3)N2C)c(F)c1.Cl. The average Bonchev–Trinajstić information content (AvgIpc) is 3.16. The molecule has 0 aromatic heterocycles. The quantitative estimate of drug-likeness (QED) is 0.843. The van der Waals surface area contributed by atoms with Gasteiger partial charge in [0.1, 0.15) is 5.82 Å². The monoisotopic (exact) mass is 385 g/mol. The van der Waals surface area contributed by atoms with Crippen molar-refractivity contribution < 1.29 is 9.18 Å². The lowest BCUT2D eigenvalue weighted by Gasteiger charge is -2.21. The number of carbonyl (C=O) groups is 1. The summed E-state index contributed by atoms with van der Waals surface area (Å²) in [4.78, 5) is 19.2. The smallest absolute Gasteiger partial charge is 0.226 e. The predicted molar refractivity (Wildman–Crippen MR) is 105 cm³/mol. The number of carbonyl (C=O) groups excluding carboxylic acids is 1. The number of aryl methyl sites for hydroxylation is 1. The van der Waals surface area contributed by atoms with E-state index in [4.69, 9.17) is 4.99 Å². The number of halogens is 2. The van der Waals surface area contributed by atoms with Gasteiger partial charge in [-0.05, 0) is 37.5 Å². The van der Waals surface area contributed by atoms with Crippen LogP contribution in [0.3, 0.4) is 0 Å². The lowest BCUT2D eigenvalue weighted by molar-refractivity contribution is -0.116. The third-order valence-electron chi connectivity index (χ3n) is 4.69. The molecule has 1 saturated carbocycles. The zero-order valence-electron chi connectivity index (χ0n) is 14.6. The number of amides is 1. The molecule has 1 heterocycles. The van der Waals surface area contributed by atoms with Crippen molar-refractivity contribution in [1.29, 1.82) is 0 Å². The molecule has 7 heteroatoms. The molecule has 1 amide bonds. The third-order valence-corrected chi connectivity index (χ3v) is 5.89. The number of amidine groups is 1. The van der Waals surface area contributed by atoms with E-state index in [1.807, 2.05) is 14.0 Å². The van der Waals surface area contributed by atoms with E-state index < -0.39 is 0 Å². The van der Waals surface area contributed by atoms with Gasteiger partial charge in [-0.1, -0.05) is 30.7 Å². The zero-order chi connectivity index (χ0) is 17.1. The van der Waals surface area contributed by atoms with Crippen molar-refractivity contribution in [3.8, 4) is 0 Å². The van der Waals surface area contributed by atoms with E-state index in [2.05, 4.69) is 10.2 Å². The number of hydrogen-bond acceptors (Lipinski definition) is 3. The fourth-order valence-corrected chi connectivity index (χ4v) is 4.45. The van der Waals surface area contributed by atoms with Gasteiger partial charge in [-0.3, -0.25) is 9.79 Å². The number of benzene rings is 1. The van der Waals surface area contributed by atoms with E-state index in [1.165, 1.54) is 31.7 Å². The van der Waals surface area contributed by atoms with Gasteiger partial charge in [-0.2, -0.15) is 0 Å². The Labute approximate surface area is 159 Å². The van der Waals surface area contributed by atoms with Crippen molar-refractivity contribution in [2.24, 2.45) is 4.99 Å². The Bertz CT molecular complexity index is 649. The molecule has 3 rings (SSSR count). The normalized spacial score (nSPS) is 22.3. The highest BCUT2D eigenvalue weighted by atomic mass is 35.5.